The van der Waals surface area contributed by atoms with E-state index >= 15 is 0 Å². The molecular weight excluding hydrogens is 188 g/mol. The van der Waals surface area contributed by atoms with Gasteiger partial charge in [-0.1, -0.05) is 12.2 Å². The first-order valence-corrected chi connectivity index (χ1v) is 5.35. The second-order valence-electron chi connectivity index (χ2n) is 3.18. The van der Waals surface area contributed by atoms with E-state index in [9.17, 15) is 0 Å². The van der Waals surface area contributed by atoms with Crippen molar-refractivity contribution in [2.45, 2.75) is 39.8 Å². The lowest BCUT2D eigenvalue weighted by atomic mass is 10.3. The van der Waals surface area contributed by atoms with Crippen molar-refractivity contribution in [2.75, 3.05) is 7.05 Å². The van der Waals surface area contributed by atoms with Crippen molar-refractivity contribution in [1.29, 1.82) is 0 Å². The van der Waals surface area contributed by atoms with Crippen LogP contribution in [0.15, 0.2) is 0 Å². The molecule has 12 heavy (non-hydrogen) atoms. The number of rotatable bonds is 3. The maximum atomic E-state index is 5.08. The van der Waals surface area contributed by atoms with Gasteiger partial charge in [0.1, 0.15) is 4.32 Å². The van der Waals surface area contributed by atoms with Crippen LogP contribution in [0, 0.1) is 0 Å². The summed E-state index contributed by atoms with van der Waals surface area (Å²) < 4.78 is 3.11. The van der Waals surface area contributed by atoms with Crippen LogP contribution in [0.25, 0.3) is 0 Å². The predicted octanol–water partition coefficient (Wildman–Crippen LogP) is 2.26. The second-order valence-corrected chi connectivity index (χ2v) is 4.86. The minimum atomic E-state index is 0.515. The van der Waals surface area contributed by atoms with Crippen molar-refractivity contribution >= 4 is 28.5 Å². The first-order valence-electron chi connectivity index (χ1n) is 4.17. The number of thiocarbonyl (C=S) groups is 1. The van der Waals surface area contributed by atoms with Crippen LogP contribution in [0.2, 0.25) is 0 Å². The standard InChI is InChI=1S/C8H18N2S2/c1-6(2)10(7(3)4)12-8(11)9-5/h6-7H,1-5H3,(H,9,11). The monoisotopic (exact) mass is 206 g/mol. The summed E-state index contributed by atoms with van der Waals surface area (Å²) in [6, 6.07) is 1.03. The molecule has 4 heteroatoms. The molecule has 72 valence electrons. The lowest BCUT2D eigenvalue weighted by Gasteiger charge is -2.28. The third kappa shape index (κ3) is 4.28. The summed E-state index contributed by atoms with van der Waals surface area (Å²) in [5.74, 6) is 0. The zero-order valence-electron chi connectivity index (χ0n) is 8.42. The van der Waals surface area contributed by atoms with E-state index in [1.54, 1.807) is 11.9 Å². The van der Waals surface area contributed by atoms with Crippen LogP contribution in [0.3, 0.4) is 0 Å². The Balaban J connectivity index is 4.05. The van der Waals surface area contributed by atoms with Crippen molar-refractivity contribution in [3.05, 3.63) is 0 Å². The fourth-order valence-electron chi connectivity index (χ4n) is 0.948. The van der Waals surface area contributed by atoms with E-state index in [1.807, 2.05) is 7.05 Å². The first kappa shape index (κ1) is 12.2. The second kappa shape index (κ2) is 5.78. The highest BCUT2D eigenvalue weighted by Crippen LogP contribution is 2.18. The number of nitrogens with one attached hydrogen (secondary N) is 1. The Bertz CT molecular complexity index is 138. The molecule has 0 spiro atoms. The third-order valence-corrected chi connectivity index (χ3v) is 3.26. The van der Waals surface area contributed by atoms with Crippen LogP contribution in [0.4, 0.5) is 0 Å². The van der Waals surface area contributed by atoms with E-state index in [0.29, 0.717) is 12.1 Å². The molecule has 0 saturated heterocycles. The Morgan fingerprint density at radius 1 is 1.25 bits per heavy atom. The van der Waals surface area contributed by atoms with Gasteiger partial charge in [0.25, 0.3) is 0 Å². The van der Waals surface area contributed by atoms with Gasteiger partial charge in [-0.05, 0) is 39.6 Å². The molecule has 0 fully saturated rings. The minimum Gasteiger partial charge on any atom is -0.373 e. The summed E-state index contributed by atoms with van der Waals surface area (Å²) in [4.78, 5) is 0. The lowest BCUT2D eigenvalue weighted by molar-refractivity contribution is 0.338. The molecule has 0 aliphatic rings. The molecule has 0 aromatic carbocycles. The molecule has 0 radical (unpaired) electrons. The van der Waals surface area contributed by atoms with Gasteiger partial charge >= 0.3 is 0 Å². The SMILES string of the molecule is CNC(=S)SN(C(C)C)C(C)C. The average molecular weight is 206 g/mol. The Labute approximate surface area is 85.2 Å². The molecule has 0 aliphatic carbocycles. The smallest absolute Gasteiger partial charge is 0.148 e. The average Bonchev–Trinajstić information content (AvgIpc) is 1.98. The maximum absolute atomic E-state index is 5.08. The van der Waals surface area contributed by atoms with Crippen LogP contribution >= 0.6 is 24.2 Å². The first-order chi connectivity index (χ1) is 5.49. The normalized spacial score (nSPS) is 11.3. The van der Waals surface area contributed by atoms with Gasteiger partial charge in [-0.2, -0.15) is 0 Å². The van der Waals surface area contributed by atoms with Gasteiger partial charge in [-0.25, -0.2) is 4.31 Å². The molecule has 0 aromatic rings. The highest BCUT2D eigenvalue weighted by Gasteiger charge is 2.15. The summed E-state index contributed by atoms with van der Waals surface area (Å²) in [7, 11) is 1.86. The zero-order valence-corrected chi connectivity index (χ0v) is 10.1. The fourth-order valence-corrected chi connectivity index (χ4v) is 1.91. The molecule has 0 unspecified atom stereocenters. The Morgan fingerprint density at radius 3 is 1.92 bits per heavy atom. The summed E-state index contributed by atoms with van der Waals surface area (Å²) in [6.45, 7) is 8.69. The van der Waals surface area contributed by atoms with Gasteiger partial charge in [0, 0.05) is 19.1 Å². The van der Waals surface area contributed by atoms with Gasteiger partial charge in [0.05, 0.1) is 0 Å². The van der Waals surface area contributed by atoms with Crippen molar-refractivity contribution in [3.8, 4) is 0 Å². The van der Waals surface area contributed by atoms with E-state index in [4.69, 9.17) is 12.2 Å². The van der Waals surface area contributed by atoms with Crippen molar-refractivity contribution in [3.63, 3.8) is 0 Å². The molecule has 0 bridgehead atoms. The van der Waals surface area contributed by atoms with Gasteiger partial charge in [0.2, 0.25) is 0 Å². The summed E-state index contributed by atoms with van der Waals surface area (Å²) >= 11 is 6.69. The van der Waals surface area contributed by atoms with E-state index in [-0.39, 0.29) is 0 Å². The fraction of sp³-hybridized carbons (Fsp3) is 0.875. The van der Waals surface area contributed by atoms with Gasteiger partial charge in [-0.15, -0.1) is 0 Å². The summed E-state index contributed by atoms with van der Waals surface area (Å²) in [5, 5.41) is 2.96. The van der Waals surface area contributed by atoms with Crippen molar-refractivity contribution in [1.82, 2.24) is 9.62 Å². The van der Waals surface area contributed by atoms with Crippen LogP contribution in [0.1, 0.15) is 27.7 Å². The molecule has 0 amide bonds. The summed E-state index contributed by atoms with van der Waals surface area (Å²) in [6.07, 6.45) is 0. The molecule has 0 saturated carbocycles. The molecule has 2 nitrogen and oxygen atoms in total. The number of hydrogen-bond acceptors (Lipinski definition) is 3. The highest BCUT2D eigenvalue weighted by atomic mass is 32.2. The van der Waals surface area contributed by atoms with Crippen LogP contribution in [-0.4, -0.2) is 27.8 Å². The molecule has 0 rings (SSSR count). The van der Waals surface area contributed by atoms with Gasteiger partial charge < -0.3 is 5.32 Å². The zero-order chi connectivity index (χ0) is 9.72. The minimum absolute atomic E-state index is 0.515. The van der Waals surface area contributed by atoms with Gasteiger partial charge in [0.15, 0.2) is 0 Å². The Morgan fingerprint density at radius 2 is 1.67 bits per heavy atom. The number of nitrogens with zero attached hydrogens (tertiary/aromatic N) is 1. The molecule has 1 N–H and O–H groups in total. The van der Waals surface area contributed by atoms with Crippen molar-refractivity contribution in [2.24, 2.45) is 0 Å². The largest absolute Gasteiger partial charge is 0.373 e. The summed E-state index contributed by atoms with van der Waals surface area (Å²) in [5.41, 5.74) is 0. The maximum Gasteiger partial charge on any atom is 0.148 e. The van der Waals surface area contributed by atoms with Crippen LogP contribution in [-0.2, 0) is 0 Å². The molecule has 0 heterocycles. The Hall–Kier alpha value is 0.200. The quantitative estimate of drug-likeness (QED) is 0.562. The van der Waals surface area contributed by atoms with Gasteiger partial charge in [-0.3, -0.25) is 0 Å². The molecule has 0 atom stereocenters. The van der Waals surface area contributed by atoms with Crippen LogP contribution in [0.5, 0.6) is 0 Å². The van der Waals surface area contributed by atoms with Crippen LogP contribution < -0.4 is 5.32 Å². The third-order valence-electron chi connectivity index (χ3n) is 1.41. The van der Waals surface area contributed by atoms with E-state index in [1.165, 1.54) is 0 Å². The van der Waals surface area contributed by atoms with E-state index in [2.05, 4.69) is 37.3 Å². The topological polar surface area (TPSA) is 15.3 Å². The molecule has 0 aliphatic heterocycles. The molecular formula is C8H18N2S2. The predicted molar refractivity (Wildman–Crippen MR) is 61.4 cm³/mol. The van der Waals surface area contributed by atoms with E-state index in [0.717, 1.165) is 4.32 Å². The van der Waals surface area contributed by atoms with Crippen molar-refractivity contribution < 1.29 is 0 Å². The highest BCUT2D eigenvalue weighted by molar-refractivity contribution is 8.21. The van der Waals surface area contributed by atoms with E-state index < -0.39 is 0 Å². The molecule has 0 aromatic heterocycles. The lowest BCUT2D eigenvalue weighted by Crippen LogP contribution is -2.33. The Kier molecular flexibility index (Phi) is 5.88. The number of hydrogen-bond donors (Lipinski definition) is 1.